The predicted octanol–water partition coefficient (Wildman–Crippen LogP) is 3.44. The number of anilines is 1. The van der Waals surface area contributed by atoms with Crippen LogP contribution in [0.1, 0.15) is 29.8 Å². The molecule has 0 unspecified atom stereocenters. The topological polar surface area (TPSA) is 108 Å². The summed E-state index contributed by atoms with van der Waals surface area (Å²) in [6.45, 7) is 1.90. The fourth-order valence-corrected chi connectivity index (χ4v) is 3.48. The van der Waals surface area contributed by atoms with E-state index in [1.165, 1.54) is 4.68 Å². The van der Waals surface area contributed by atoms with Gasteiger partial charge in [0.2, 0.25) is 0 Å². The molecule has 4 rings (SSSR count). The number of rotatable bonds is 5. The molecule has 2 aromatic heterocycles. The number of benzene rings is 1. The first kappa shape index (κ1) is 19.8. The molecule has 1 amide bonds. The summed E-state index contributed by atoms with van der Waals surface area (Å²) < 4.78 is 12.1. The number of pyridine rings is 1. The van der Waals surface area contributed by atoms with Crippen molar-refractivity contribution in [3.8, 4) is 11.3 Å². The largest absolute Gasteiger partial charge is 0.457 e. The van der Waals surface area contributed by atoms with Gasteiger partial charge in [0.15, 0.2) is 0 Å². The van der Waals surface area contributed by atoms with Gasteiger partial charge in [-0.1, -0.05) is 28.9 Å². The Morgan fingerprint density at radius 3 is 3.03 bits per heavy atom. The molecule has 1 aromatic carbocycles. The summed E-state index contributed by atoms with van der Waals surface area (Å²) in [6.07, 6.45) is 0.517. The van der Waals surface area contributed by atoms with Gasteiger partial charge in [0.25, 0.3) is 0 Å². The number of cyclic esters (lactones) is 1. The zero-order valence-corrected chi connectivity index (χ0v) is 17.0. The Hall–Kier alpha value is -3.46. The van der Waals surface area contributed by atoms with Gasteiger partial charge in [-0.2, -0.15) is 0 Å². The van der Waals surface area contributed by atoms with Crippen LogP contribution in [0.2, 0.25) is 5.15 Å². The van der Waals surface area contributed by atoms with E-state index >= 15 is 0 Å². The number of fused-ring (bicyclic) bond motifs is 1. The number of nitrogens with one attached hydrogen (secondary N) is 1. The first-order valence-corrected chi connectivity index (χ1v) is 9.55. The zero-order valence-electron chi connectivity index (χ0n) is 16.3. The van der Waals surface area contributed by atoms with Crippen LogP contribution in [0.5, 0.6) is 0 Å². The summed E-state index contributed by atoms with van der Waals surface area (Å²) in [5.74, 6) is -0.442. The standard InChI is InChI=1S/C20H18ClN5O4/c1-11(14-4-3-7-22-19(14)21)30-17(27)9-16-18(24-25-26(16)2)12-5-6-15-13(8-12)10-29-20(28)23-15/h3-8,11H,9-10H2,1-2H3,(H,23,28)/t11-/m1/s1. The molecule has 1 N–H and O–H groups in total. The summed E-state index contributed by atoms with van der Waals surface area (Å²) >= 11 is 6.08. The Labute approximate surface area is 177 Å². The molecule has 1 atom stereocenters. The third-order valence-electron chi connectivity index (χ3n) is 4.76. The molecule has 0 saturated carbocycles. The van der Waals surface area contributed by atoms with Crippen molar-refractivity contribution in [1.29, 1.82) is 0 Å². The smallest absolute Gasteiger partial charge is 0.411 e. The van der Waals surface area contributed by atoms with Crippen molar-refractivity contribution < 1.29 is 19.1 Å². The molecule has 0 saturated heterocycles. The van der Waals surface area contributed by atoms with Gasteiger partial charge in [0, 0.05) is 29.9 Å². The zero-order chi connectivity index (χ0) is 21.3. The molecule has 3 heterocycles. The van der Waals surface area contributed by atoms with Crippen LogP contribution in [0.4, 0.5) is 10.5 Å². The van der Waals surface area contributed by atoms with Crippen LogP contribution in [0.15, 0.2) is 36.5 Å². The minimum absolute atomic E-state index is 0.0224. The van der Waals surface area contributed by atoms with Crippen molar-refractivity contribution in [2.45, 2.75) is 26.1 Å². The van der Waals surface area contributed by atoms with Crippen LogP contribution in [0.25, 0.3) is 11.3 Å². The minimum atomic E-state index is -0.548. The molecule has 1 aliphatic heterocycles. The van der Waals surface area contributed by atoms with Crippen LogP contribution in [-0.4, -0.2) is 32.0 Å². The molecule has 0 spiro atoms. The molecular weight excluding hydrogens is 410 g/mol. The number of ether oxygens (including phenoxy) is 2. The minimum Gasteiger partial charge on any atom is -0.457 e. The number of amides is 1. The number of hydrogen-bond acceptors (Lipinski definition) is 7. The monoisotopic (exact) mass is 427 g/mol. The highest BCUT2D eigenvalue weighted by Crippen LogP contribution is 2.29. The Morgan fingerprint density at radius 1 is 1.40 bits per heavy atom. The number of aromatic nitrogens is 4. The van der Waals surface area contributed by atoms with Crippen LogP contribution in [0.3, 0.4) is 0 Å². The van der Waals surface area contributed by atoms with Crippen molar-refractivity contribution in [3.63, 3.8) is 0 Å². The van der Waals surface area contributed by atoms with E-state index in [0.717, 1.165) is 11.1 Å². The van der Waals surface area contributed by atoms with Gasteiger partial charge in [0.05, 0.1) is 17.8 Å². The molecule has 0 fully saturated rings. The molecule has 154 valence electrons. The Balaban J connectivity index is 1.54. The Bertz CT molecular complexity index is 1130. The normalized spacial score (nSPS) is 13.8. The second-order valence-corrected chi connectivity index (χ2v) is 7.13. The summed E-state index contributed by atoms with van der Waals surface area (Å²) in [4.78, 5) is 27.9. The third-order valence-corrected chi connectivity index (χ3v) is 5.08. The fourth-order valence-electron chi connectivity index (χ4n) is 3.21. The summed E-state index contributed by atoms with van der Waals surface area (Å²) in [7, 11) is 1.71. The lowest BCUT2D eigenvalue weighted by Crippen LogP contribution is -2.20. The van der Waals surface area contributed by atoms with E-state index in [4.69, 9.17) is 21.1 Å². The number of carbonyl (C=O) groups is 2. The average molecular weight is 428 g/mol. The number of esters is 1. The SMILES string of the molecule is C[C@@H](OC(=O)Cc1c(-c2ccc3c(c2)COC(=O)N3)nnn1C)c1cccnc1Cl. The summed E-state index contributed by atoms with van der Waals surface area (Å²) in [5, 5.41) is 11.2. The number of halogens is 1. The van der Waals surface area contributed by atoms with Gasteiger partial charge in [-0.3, -0.25) is 14.8 Å². The van der Waals surface area contributed by atoms with E-state index in [9.17, 15) is 9.59 Å². The van der Waals surface area contributed by atoms with Crippen molar-refractivity contribution in [1.82, 2.24) is 20.0 Å². The van der Waals surface area contributed by atoms with E-state index in [0.29, 0.717) is 27.8 Å². The highest BCUT2D eigenvalue weighted by molar-refractivity contribution is 6.30. The average Bonchev–Trinajstić information content (AvgIpc) is 3.08. The van der Waals surface area contributed by atoms with Crippen molar-refractivity contribution >= 4 is 29.4 Å². The van der Waals surface area contributed by atoms with Gasteiger partial charge in [-0.15, -0.1) is 5.10 Å². The number of nitrogens with zero attached hydrogens (tertiary/aromatic N) is 4. The van der Waals surface area contributed by atoms with Crippen molar-refractivity contribution in [2.24, 2.45) is 7.05 Å². The molecule has 9 nitrogen and oxygen atoms in total. The molecule has 3 aromatic rings. The predicted molar refractivity (Wildman–Crippen MR) is 108 cm³/mol. The van der Waals surface area contributed by atoms with Crippen LogP contribution in [0, 0.1) is 0 Å². The second-order valence-electron chi connectivity index (χ2n) is 6.77. The van der Waals surface area contributed by atoms with Crippen molar-refractivity contribution in [2.75, 3.05) is 5.32 Å². The molecule has 0 bridgehead atoms. The second kappa shape index (κ2) is 8.11. The van der Waals surface area contributed by atoms with Gasteiger partial charge in [-0.25, -0.2) is 9.78 Å². The highest BCUT2D eigenvalue weighted by Gasteiger charge is 2.22. The molecule has 30 heavy (non-hydrogen) atoms. The third kappa shape index (κ3) is 3.97. The summed E-state index contributed by atoms with van der Waals surface area (Å²) in [5.41, 5.74) is 4.04. The van der Waals surface area contributed by atoms with Crippen molar-refractivity contribution in [3.05, 3.63) is 58.5 Å². The molecule has 1 aliphatic rings. The Kier molecular flexibility index (Phi) is 5.37. The van der Waals surface area contributed by atoms with Gasteiger partial charge < -0.3 is 9.47 Å². The molecule has 0 radical (unpaired) electrons. The van der Waals surface area contributed by atoms with Gasteiger partial charge >= 0.3 is 12.1 Å². The van der Waals surface area contributed by atoms with E-state index in [1.807, 2.05) is 6.07 Å². The lowest BCUT2D eigenvalue weighted by Gasteiger charge is -2.18. The molecule has 0 aliphatic carbocycles. The van der Waals surface area contributed by atoms with Gasteiger partial charge in [0.1, 0.15) is 23.6 Å². The lowest BCUT2D eigenvalue weighted by molar-refractivity contribution is -0.147. The van der Waals surface area contributed by atoms with E-state index in [1.54, 1.807) is 44.4 Å². The fraction of sp³-hybridized carbons (Fsp3) is 0.250. The maximum absolute atomic E-state index is 12.6. The van der Waals surface area contributed by atoms with Gasteiger partial charge in [-0.05, 0) is 25.1 Å². The number of carbonyl (C=O) groups excluding carboxylic acids is 2. The Morgan fingerprint density at radius 2 is 2.23 bits per heavy atom. The highest BCUT2D eigenvalue weighted by atomic mass is 35.5. The van der Waals surface area contributed by atoms with E-state index < -0.39 is 18.2 Å². The molecule has 10 heteroatoms. The quantitative estimate of drug-likeness (QED) is 0.490. The lowest BCUT2D eigenvalue weighted by atomic mass is 10.0. The van der Waals surface area contributed by atoms with E-state index in [-0.39, 0.29) is 13.0 Å². The number of aryl methyl sites for hydroxylation is 1. The summed E-state index contributed by atoms with van der Waals surface area (Å²) in [6, 6.07) is 8.93. The van der Waals surface area contributed by atoms with E-state index in [2.05, 4.69) is 20.6 Å². The van der Waals surface area contributed by atoms with Crippen LogP contribution < -0.4 is 5.32 Å². The maximum atomic E-state index is 12.6. The maximum Gasteiger partial charge on any atom is 0.411 e. The van der Waals surface area contributed by atoms with Crippen LogP contribution in [-0.2, 0) is 34.3 Å². The first-order valence-electron chi connectivity index (χ1n) is 9.18. The molecular formula is C20H18ClN5O4. The number of hydrogen-bond donors (Lipinski definition) is 1. The van der Waals surface area contributed by atoms with Crippen LogP contribution >= 0.6 is 11.6 Å². The first-order chi connectivity index (χ1) is 14.4.